The van der Waals surface area contributed by atoms with Gasteiger partial charge in [0.15, 0.2) is 6.23 Å². The van der Waals surface area contributed by atoms with Gasteiger partial charge in [-0.1, -0.05) is 25.7 Å². The first-order valence-electron chi connectivity index (χ1n) is 6.93. The van der Waals surface area contributed by atoms with E-state index in [4.69, 9.17) is 21.3 Å². The van der Waals surface area contributed by atoms with Crippen molar-refractivity contribution >= 4 is 11.9 Å². The summed E-state index contributed by atoms with van der Waals surface area (Å²) in [5.41, 5.74) is 10.8. The van der Waals surface area contributed by atoms with Gasteiger partial charge in [-0.15, -0.1) is 0 Å². The number of esters is 1. The second kappa shape index (κ2) is 11.9. The molecule has 112 valence electrons. The van der Waals surface area contributed by atoms with Gasteiger partial charge in [0.05, 0.1) is 0 Å². The van der Waals surface area contributed by atoms with Gasteiger partial charge in [-0.2, -0.15) is 0 Å². The van der Waals surface area contributed by atoms with Crippen LogP contribution in [0.1, 0.15) is 57.8 Å². The van der Waals surface area contributed by atoms with Crippen molar-refractivity contribution in [3.63, 3.8) is 0 Å². The van der Waals surface area contributed by atoms with Crippen molar-refractivity contribution in [1.29, 1.82) is 0 Å². The van der Waals surface area contributed by atoms with Crippen molar-refractivity contribution in [3.8, 4) is 0 Å². The highest BCUT2D eigenvalue weighted by Gasteiger charge is 2.08. The van der Waals surface area contributed by atoms with Crippen LogP contribution in [0.5, 0.6) is 0 Å². The Labute approximate surface area is 114 Å². The van der Waals surface area contributed by atoms with Gasteiger partial charge in [-0.05, 0) is 19.4 Å². The molecule has 0 spiro atoms. The predicted molar refractivity (Wildman–Crippen MR) is 72.3 cm³/mol. The minimum Gasteiger partial charge on any atom is -0.481 e. The van der Waals surface area contributed by atoms with E-state index in [1.807, 2.05) is 0 Å². The zero-order chi connectivity index (χ0) is 14.5. The Hall–Kier alpha value is -1.14. The molecule has 0 fully saturated rings. The standard InChI is InChI=1S/C13H26N2O4/c14-10-9-11(15)19-13(18)8-6-4-2-1-3-5-7-12(16)17/h11H,1-10,14-15H2,(H,16,17). The topological polar surface area (TPSA) is 116 Å². The Morgan fingerprint density at radius 1 is 1.00 bits per heavy atom. The predicted octanol–water partition coefficient (Wildman–Crippen LogP) is 1.37. The number of aliphatic carboxylic acids is 1. The molecular formula is C13H26N2O4. The summed E-state index contributed by atoms with van der Waals surface area (Å²) in [6.45, 7) is 0.408. The van der Waals surface area contributed by atoms with Gasteiger partial charge >= 0.3 is 11.9 Å². The number of carbonyl (C=O) groups is 2. The normalized spacial score (nSPS) is 12.1. The smallest absolute Gasteiger partial charge is 0.307 e. The Bertz CT molecular complexity index is 259. The maximum absolute atomic E-state index is 11.3. The highest BCUT2D eigenvalue weighted by Crippen LogP contribution is 2.09. The van der Waals surface area contributed by atoms with Crippen LogP contribution >= 0.6 is 0 Å². The summed E-state index contributed by atoms with van der Waals surface area (Å²) in [6.07, 6.45) is 5.93. The van der Waals surface area contributed by atoms with Gasteiger partial charge in [-0.25, -0.2) is 0 Å². The molecule has 1 atom stereocenters. The van der Waals surface area contributed by atoms with Crippen LogP contribution in [-0.2, 0) is 14.3 Å². The van der Waals surface area contributed by atoms with Crippen LogP contribution in [0.25, 0.3) is 0 Å². The zero-order valence-corrected chi connectivity index (χ0v) is 11.5. The first-order valence-corrected chi connectivity index (χ1v) is 6.93. The van der Waals surface area contributed by atoms with E-state index in [9.17, 15) is 9.59 Å². The van der Waals surface area contributed by atoms with E-state index in [1.165, 1.54) is 0 Å². The van der Waals surface area contributed by atoms with E-state index in [2.05, 4.69) is 0 Å². The largest absolute Gasteiger partial charge is 0.481 e. The summed E-state index contributed by atoms with van der Waals surface area (Å²) >= 11 is 0. The van der Waals surface area contributed by atoms with Crippen LogP contribution in [0.4, 0.5) is 0 Å². The summed E-state index contributed by atoms with van der Waals surface area (Å²) < 4.78 is 4.96. The monoisotopic (exact) mass is 274 g/mol. The van der Waals surface area contributed by atoms with Crippen molar-refractivity contribution < 1.29 is 19.4 Å². The number of carbonyl (C=O) groups excluding carboxylic acids is 1. The van der Waals surface area contributed by atoms with Crippen LogP contribution in [0, 0.1) is 0 Å². The highest BCUT2D eigenvalue weighted by molar-refractivity contribution is 5.69. The van der Waals surface area contributed by atoms with Gasteiger partial charge in [0.1, 0.15) is 0 Å². The quantitative estimate of drug-likeness (QED) is 0.281. The van der Waals surface area contributed by atoms with Crippen LogP contribution in [0.2, 0.25) is 0 Å². The molecule has 0 aromatic carbocycles. The molecule has 0 aliphatic heterocycles. The minimum atomic E-state index is -0.739. The molecule has 0 aromatic rings. The van der Waals surface area contributed by atoms with Crippen molar-refractivity contribution in [2.45, 2.75) is 64.0 Å². The molecule has 1 unspecified atom stereocenters. The molecule has 19 heavy (non-hydrogen) atoms. The van der Waals surface area contributed by atoms with E-state index < -0.39 is 12.2 Å². The van der Waals surface area contributed by atoms with E-state index in [1.54, 1.807) is 0 Å². The lowest BCUT2D eigenvalue weighted by Gasteiger charge is -2.11. The summed E-state index contributed by atoms with van der Waals surface area (Å²) in [6, 6.07) is 0. The maximum atomic E-state index is 11.3. The SMILES string of the molecule is NCCC(N)OC(=O)CCCCCCCCC(=O)O. The third-order valence-electron chi connectivity index (χ3n) is 2.76. The number of hydrogen-bond donors (Lipinski definition) is 3. The minimum absolute atomic E-state index is 0.241. The number of hydrogen-bond acceptors (Lipinski definition) is 5. The number of carboxylic acid groups (broad SMARTS) is 1. The summed E-state index contributed by atoms with van der Waals surface area (Å²) in [5, 5.41) is 8.46. The van der Waals surface area contributed by atoms with E-state index in [-0.39, 0.29) is 12.4 Å². The number of rotatable bonds is 12. The van der Waals surface area contributed by atoms with Crippen LogP contribution in [-0.4, -0.2) is 29.8 Å². The Balaban J connectivity index is 3.29. The average molecular weight is 274 g/mol. The number of ether oxygens (including phenoxy) is 1. The van der Waals surface area contributed by atoms with Crippen LogP contribution in [0.3, 0.4) is 0 Å². The summed E-state index contributed by atoms with van der Waals surface area (Å²) in [7, 11) is 0. The number of unbranched alkanes of at least 4 members (excludes halogenated alkanes) is 5. The lowest BCUT2D eigenvalue weighted by atomic mass is 10.1. The summed E-state index contributed by atoms with van der Waals surface area (Å²) in [4.78, 5) is 21.6. The molecule has 0 aromatic heterocycles. The van der Waals surface area contributed by atoms with Crippen LogP contribution in [0.15, 0.2) is 0 Å². The second-order valence-corrected chi connectivity index (χ2v) is 4.62. The lowest BCUT2D eigenvalue weighted by molar-refractivity contribution is -0.149. The van der Waals surface area contributed by atoms with E-state index >= 15 is 0 Å². The first-order chi connectivity index (χ1) is 9.06. The van der Waals surface area contributed by atoms with Gasteiger partial charge in [0, 0.05) is 19.3 Å². The van der Waals surface area contributed by atoms with Gasteiger partial charge in [0.25, 0.3) is 0 Å². The van der Waals surface area contributed by atoms with Crippen molar-refractivity contribution in [3.05, 3.63) is 0 Å². The molecule has 6 nitrogen and oxygen atoms in total. The number of carboxylic acids is 1. The maximum Gasteiger partial charge on any atom is 0.307 e. The molecule has 0 aliphatic carbocycles. The zero-order valence-electron chi connectivity index (χ0n) is 11.5. The Kier molecular flexibility index (Phi) is 11.2. The van der Waals surface area contributed by atoms with Gasteiger partial charge in [0.2, 0.25) is 0 Å². The van der Waals surface area contributed by atoms with Crippen molar-refractivity contribution in [2.24, 2.45) is 11.5 Å². The molecule has 0 heterocycles. The molecule has 0 aliphatic rings. The molecule has 5 N–H and O–H groups in total. The molecular weight excluding hydrogens is 248 g/mol. The molecule has 0 rings (SSSR count). The van der Waals surface area contributed by atoms with E-state index in [0.717, 1.165) is 38.5 Å². The highest BCUT2D eigenvalue weighted by atomic mass is 16.6. The van der Waals surface area contributed by atoms with Gasteiger partial charge < -0.3 is 15.6 Å². The molecule has 0 saturated carbocycles. The molecule has 0 amide bonds. The fourth-order valence-corrected chi connectivity index (χ4v) is 1.70. The first kappa shape index (κ1) is 17.9. The molecule has 0 bridgehead atoms. The average Bonchev–Trinajstić information content (AvgIpc) is 2.32. The fraction of sp³-hybridized carbons (Fsp3) is 0.846. The Morgan fingerprint density at radius 3 is 2.05 bits per heavy atom. The van der Waals surface area contributed by atoms with E-state index in [0.29, 0.717) is 19.4 Å². The Morgan fingerprint density at radius 2 is 1.53 bits per heavy atom. The third kappa shape index (κ3) is 13.1. The van der Waals surface area contributed by atoms with Gasteiger partial charge in [-0.3, -0.25) is 15.3 Å². The second-order valence-electron chi connectivity index (χ2n) is 4.62. The number of nitrogens with two attached hydrogens (primary N) is 2. The molecule has 0 radical (unpaired) electrons. The lowest BCUT2D eigenvalue weighted by Crippen LogP contribution is -2.29. The molecule has 0 saturated heterocycles. The molecule has 6 heteroatoms. The van der Waals surface area contributed by atoms with Crippen molar-refractivity contribution in [1.82, 2.24) is 0 Å². The summed E-state index contributed by atoms with van der Waals surface area (Å²) in [5.74, 6) is -1.01. The van der Waals surface area contributed by atoms with Crippen LogP contribution < -0.4 is 11.5 Å². The van der Waals surface area contributed by atoms with Crippen molar-refractivity contribution in [2.75, 3.05) is 6.54 Å². The fourth-order valence-electron chi connectivity index (χ4n) is 1.70. The third-order valence-corrected chi connectivity index (χ3v) is 2.76.